The van der Waals surface area contributed by atoms with Crippen molar-refractivity contribution in [2.24, 2.45) is 0 Å². The van der Waals surface area contributed by atoms with Gasteiger partial charge in [0, 0.05) is 11.6 Å². The minimum atomic E-state index is -0.554. The molecule has 3 aromatic rings. The van der Waals surface area contributed by atoms with E-state index >= 15 is 0 Å². The molecule has 0 aromatic heterocycles. The van der Waals surface area contributed by atoms with Crippen molar-refractivity contribution in [2.45, 2.75) is 70.3 Å². The zero-order chi connectivity index (χ0) is 26.2. The van der Waals surface area contributed by atoms with E-state index < -0.39 is 11.7 Å². The second kappa shape index (κ2) is 10.0. The molecule has 0 spiro atoms. The molecule has 0 bridgehead atoms. The van der Waals surface area contributed by atoms with Gasteiger partial charge in [0.1, 0.15) is 12.2 Å². The minimum Gasteiger partial charge on any atom is -0.459 e. The fourth-order valence-corrected chi connectivity index (χ4v) is 5.45. The number of amides is 1. The van der Waals surface area contributed by atoms with Crippen molar-refractivity contribution in [3.63, 3.8) is 0 Å². The number of esters is 1. The fourth-order valence-electron chi connectivity index (χ4n) is 5.45. The summed E-state index contributed by atoms with van der Waals surface area (Å²) in [5.41, 5.74) is 6.90. The Hall–Kier alpha value is -3.60. The molecular formula is C32H35NO4. The first-order valence-electron chi connectivity index (χ1n) is 13.2. The van der Waals surface area contributed by atoms with Crippen LogP contribution in [0, 0.1) is 0 Å². The number of hydrogen-bond acceptors (Lipinski definition) is 4. The van der Waals surface area contributed by atoms with Crippen molar-refractivity contribution in [1.29, 1.82) is 0 Å². The summed E-state index contributed by atoms with van der Waals surface area (Å²) in [4.78, 5) is 26.1. The van der Waals surface area contributed by atoms with E-state index in [-0.39, 0.29) is 24.4 Å². The van der Waals surface area contributed by atoms with Crippen LogP contribution in [0.1, 0.15) is 87.0 Å². The molecule has 1 amide bonds. The SMILES string of the molecule is CCC(C(=O)OC(C)(C)C)c1cccc(NC(=O)OCC2c3ccccc3-c3ccccc32)c1C1CC1. The number of hydrogen-bond donors (Lipinski definition) is 1. The van der Waals surface area contributed by atoms with Gasteiger partial charge in [0.25, 0.3) is 0 Å². The monoisotopic (exact) mass is 497 g/mol. The minimum absolute atomic E-state index is 0.00373. The summed E-state index contributed by atoms with van der Waals surface area (Å²) in [6.45, 7) is 7.91. The highest BCUT2D eigenvalue weighted by Crippen LogP contribution is 2.48. The van der Waals surface area contributed by atoms with Crippen LogP contribution in [-0.2, 0) is 14.3 Å². The van der Waals surface area contributed by atoms with Crippen LogP contribution >= 0.6 is 0 Å². The van der Waals surface area contributed by atoms with Gasteiger partial charge in [-0.15, -0.1) is 0 Å². The van der Waals surface area contributed by atoms with Crippen molar-refractivity contribution in [1.82, 2.24) is 0 Å². The number of carbonyl (C=O) groups is 2. The molecule has 5 heteroatoms. The molecule has 0 heterocycles. The maximum Gasteiger partial charge on any atom is 0.411 e. The van der Waals surface area contributed by atoms with Crippen LogP contribution < -0.4 is 5.32 Å². The lowest BCUT2D eigenvalue weighted by atomic mass is 9.88. The zero-order valence-corrected chi connectivity index (χ0v) is 22.0. The third-order valence-electron chi connectivity index (χ3n) is 7.18. The van der Waals surface area contributed by atoms with E-state index in [0.29, 0.717) is 12.3 Å². The highest BCUT2D eigenvalue weighted by Gasteiger charge is 2.35. The molecule has 0 radical (unpaired) electrons. The third kappa shape index (κ3) is 5.27. The predicted molar refractivity (Wildman–Crippen MR) is 146 cm³/mol. The summed E-state index contributed by atoms with van der Waals surface area (Å²) in [6, 6.07) is 22.4. The molecule has 192 valence electrons. The molecule has 2 aliphatic carbocycles. The maximum atomic E-state index is 13.0. The smallest absolute Gasteiger partial charge is 0.411 e. The topological polar surface area (TPSA) is 64.6 Å². The summed E-state index contributed by atoms with van der Waals surface area (Å²) in [7, 11) is 0. The first-order chi connectivity index (χ1) is 17.8. The van der Waals surface area contributed by atoms with E-state index in [2.05, 4.69) is 29.6 Å². The van der Waals surface area contributed by atoms with E-state index in [1.54, 1.807) is 0 Å². The van der Waals surface area contributed by atoms with Crippen LogP contribution in [0.2, 0.25) is 0 Å². The number of fused-ring (bicyclic) bond motifs is 3. The molecule has 1 atom stereocenters. The second-order valence-electron chi connectivity index (χ2n) is 11.0. The first kappa shape index (κ1) is 25.1. The Kier molecular flexibility index (Phi) is 6.80. The molecule has 5 nitrogen and oxygen atoms in total. The lowest BCUT2D eigenvalue weighted by Crippen LogP contribution is -2.28. The van der Waals surface area contributed by atoms with Crippen LogP contribution in [0.5, 0.6) is 0 Å². The number of ether oxygens (including phenoxy) is 2. The van der Waals surface area contributed by atoms with E-state index in [1.807, 2.05) is 70.2 Å². The average molecular weight is 498 g/mol. The van der Waals surface area contributed by atoms with Gasteiger partial charge in [0.05, 0.1) is 5.92 Å². The fraction of sp³-hybridized carbons (Fsp3) is 0.375. The Balaban J connectivity index is 1.34. The molecular weight excluding hydrogens is 462 g/mol. The van der Waals surface area contributed by atoms with Gasteiger partial charge >= 0.3 is 12.1 Å². The lowest BCUT2D eigenvalue weighted by molar-refractivity contribution is -0.156. The molecule has 0 aliphatic heterocycles. The Labute approximate surface area is 219 Å². The predicted octanol–water partition coefficient (Wildman–Crippen LogP) is 7.76. The summed E-state index contributed by atoms with van der Waals surface area (Å²) in [5.74, 6) is -0.269. The van der Waals surface area contributed by atoms with E-state index in [9.17, 15) is 9.59 Å². The van der Waals surface area contributed by atoms with Gasteiger partial charge in [0.2, 0.25) is 0 Å². The number of nitrogens with one attached hydrogen (secondary N) is 1. The van der Waals surface area contributed by atoms with Gasteiger partial charge < -0.3 is 9.47 Å². The van der Waals surface area contributed by atoms with Crippen LogP contribution in [0.15, 0.2) is 66.7 Å². The van der Waals surface area contributed by atoms with E-state index in [0.717, 1.165) is 29.7 Å². The van der Waals surface area contributed by atoms with Crippen molar-refractivity contribution in [3.8, 4) is 11.1 Å². The Bertz CT molecular complexity index is 1270. The molecule has 1 unspecified atom stereocenters. The Morgan fingerprint density at radius 3 is 2.11 bits per heavy atom. The molecule has 1 saturated carbocycles. The third-order valence-corrected chi connectivity index (χ3v) is 7.18. The van der Waals surface area contributed by atoms with Gasteiger partial charge in [-0.2, -0.15) is 0 Å². The first-order valence-corrected chi connectivity index (χ1v) is 13.2. The van der Waals surface area contributed by atoms with E-state index in [4.69, 9.17) is 9.47 Å². The van der Waals surface area contributed by atoms with Crippen LogP contribution in [0.4, 0.5) is 10.5 Å². The summed E-state index contributed by atoms with van der Waals surface area (Å²) >= 11 is 0. The summed E-state index contributed by atoms with van der Waals surface area (Å²) in [6.07, 6.45) is 2.23. The molecule has 1 N–H and O–H groups in total. The highest BCUT2D eigenvalue weighted by molar-refractivity contribution is 5.88. The molecule has 5 rings (SSSR count). The van der Waals surface area contributed by atoms with Crippen LogP contribution in [0.25, 0.3) is 11.1 Å². The number of anilines is 1. The van der Waals surface area contributed by atoms with Gasteiger partial charge in [-0.1, -0.05) is 67.6 Å². The van der Waals surface area contributed by atoms with Gasteiger partial charge in [-0.3, -0.25) is 10.1 Å². The molecule has 37 heavy (non-hydrogen) atoms. The van der Waals surface area contributed by atoms with Crippen LogP contribution in [-0.4, -0.2) is 24.3 Å². The van der Waals surface area contributed by atoms with Crippen molar-refractivity contribution in [2.75, 3.05) is 11.9 Å². The standard InChI is InChI=1S/C32H35NO4/c1-5-21(30(34)37-32(2,3)4)26-15-10-16-28(29(26)20-17-18-20)33-31(35)36-19-27-24-13-8-6-11-22(24)23-12-7-9-14-25(23)27/h6-16,20-21,27H,5,17-19H2,1-4H3,(H,33,35). The summed E-state index contributed by atoms with van der Waals surface area (Å²) < 4.78 is 11.5. The number of rotatable bonds is 7. The van der Waals surface area contributed by atoms with Crippen molar-refractivity contribution in [3.05, 3.63) is 89.0 Å². The zero-order valence-electron chi connectivity index (χ0n) is 22.0. The summed E-state index contributed by atoms with van der Waals surface area (Å²) in [5, 5.41) is 3.00. The lowest BCUT2D eigenvalue weighted by Gasteiger charge is -2.25. The second-order valence-corrected chi connectivity index (χ2v) is 11.0. The number of carbonyl (C=O) groups excluding carboxylic acids is 2. The van der Waals surface area contributed by atoms with Crippen molar-refractivity contribution < 1.29 is 19.1 Å². The van der Waals surface area contributed by atoms with Crippen molar-refractivity contribution >= 4 is 17.7 Å². The number of benzene rings is 3. The van der Waals surface area contributed by atoms with Gasteiger partial charge in [-0.25, -0.2) is 4.79 Å². The molecule has 3 aromatic carbocycles. The largest absolute Gasteiger partial charge is 0.459 e. The van der Waals surface area contributed by atoms with E-state index in [1.165, 1.54) is 22.3 Å². The maximum absolute atomic E-state index is 13.0. The molecule has 1 fully saturated rings. The molecule has 2 aliphatic rings. The highest BCUT2D eigenvalue weighted by atomic mass is 16.6. The van der Waals surface area contributed by atoms with Gasteiger partial charge in [0.15, 0.2) is 0 Å². The average Bonchev–Trinajstić information content (AvgIpc) is 3.64. The molecule has 0 saturated heterocycles. The quantitative estimate of drug-likeness (QED) is 0.339. The van der Waals surface area contributed by atoms with Gasteiger partial charge in [-0.05, 0) is 85.4 Å². The Morgan fingerprint density at radius 1 is 0.919 bits per heavy atom. The van der Waals surface area contributed by atoms with Crippen LogP contribution in [0.3, 0.4) is 0 Å². The Morgan fingerprint density at radius 2 is 1.54 bits per heavy atom. The normalized spacial score (nSPS) is 15.5.